The molecule has 0 saturated heterocycles. The van der Waals surface area contributed by atoms with Crippen LogP contribution in [0, 0.1) is 17.1 Å². The first-order chi connectivity index (χ1) is 11.5. The molecule has 0 heterocycles. The lowest BCUT2D eigenvalue weighted by molar-refractivity contribution is 0.0996. The summed E-state index contributed by atoms with van der Waals surface area (Å²) in [7, 11) is 0. The highest BCUT2D eigenvalue weighted by Gasteiger charge is 2.28. The van der Waals surface area contributed by atoms with E-state index in [2.05, 4.69) is 0 Å². The molecule has 4 nitrogen and oxygen atoms in total. The highest BCUT2D eigenvalue weighted by Crippen LogP contribution is 2.42. The molecule has 0 unspecified atom stereocenters. The van der Waals surface area contributed by atoms with E-state index in [9.17, 15) is 9.18 Å². The number of carbonyl (C=O) groups is 1. The molecule has 122 valence electrons. The average Bonchev–Trinajstić information content (AvgIpc) is 3.38. The van der Waals surface area contributed by atoms with Gasteiger partial charge >= 0.3 is 0 Å². The monoisotopic (exact) mass is 344 g/mol. The maximum atomic E-state index is 14.1. The third-order valence-electron chi connectivity index (χ3n) is 3.96. The first-order valence-corrected chi connectivity index (χ1v) is 7.82. The minimum absolute atomic E-state index is 0.0953. The van der Waals surface area contributed by atoms with Crippen molar-refractivity contribution in [1.29, 1.82) is 5.26 Å². The third-order valence-corrected chi connectivity index (χ3v) is 4.19. The number of hydrogen-bond donors (Lipinski definition) is 1. The first kappa shape index (κ1) is 16.3. The van der Waals surface area contributed by atoms with Gasteiger partial charge in [0.25, 0.3) is 5.91 Å². The van der Waals surface area contributed by atoms with Crippen LogP contribution < -0.4 is 10.5 Å². The average molecular weight is 345 g/mol. The topological polar surface area (TPSA) is 76.1 Å². The van der Waals surface area contributed by atoms with E-state index in [-0.39, 0.29) is 12.2 Å². The van der Waals surface area contributed by atoms with Gasteiger partial charge in [-0.05, 0) is 60.2 Å². The van der Waals surface area contributed by atoms with Crippen LogP contribution in [0.1, 0.15) is 45.8 Å². The molecule has 0 aliphatic heterocycles. The Kier molecular flexibility index (Phi) is 4.41. The van der Waals surface area contributed by atoms with Crippen molar-refractivity contribution in [3.8, 4) is 11.8 Å². The Bertz CT molecular complexity index is 857. The second-order valence-corrected chi connectivity index (χ2v) is 6.15. The smallest absolute Gasteiger partial charge is 0.251 e. The first-order valence-electron chi connectivity index (χ1n) is 7.44. The van der Waals surface area contributed by atoms with E-state index >= 15 is 0 Å². The number of nitriles is 1. The van der Waals surface area contributed by atoms with E-state index in [0.29, 0.717) is 27.8 Å². The minimum atomic E-state index is -0.786. The number of benzene rings is 2. The zero-order valence-electron chi connectivity index (χ0n) is 12.7. The van der Waals surface area contributed by atoms with Crippen LogP contribution in [-0.4, -0.2) is 5.91 Å². The summed E-state index contributed by atoms with van der Waals surface area (Å²) < 4.78 is 19.7. The molecule has 0 atom stereocenters. The number of nitrogens with two attached hydrogens (primary N) is 1. The van der Waals surface area contributed by atoms with Gasteiger partial charge in [-0.15, -0.1) is 0 Å². The van der Waals surface area contributed by atoms with Gasteiger partial charge in [-0.1, -0.05) is 11.6 Å². The van der Waals surface area contributed by atoms with E-state index in [0.717, 1.165) is 18.4 Å². The third kappa shape index (κ3) is 3.34. The number of amides is 1. The lowest BCUT2D eigenvalue weighted by atomic mass is 9.99. The predicted molar refractivity (Wildman–Crippen MR) is 87.4 cm³/mol. The van der Waals surface area contributed by atoms with Gasteiger partial charge in [0.1, 0.15) is 24.2 Å². The zero-order chi connectivity index (χ0) is 17.3. The number of hydrogen-bond acceptors (Lipinski definition) is 3. The van der Waals surface area contributed by atoms with Crippen LogP contribution in [0.4, 0.5) is 4.39 Å². The van der Waals surface area contributed by atoms with Crippen LogP contribution in [0.25, 0.3) is 0 Å². The summed E-state index contributed by atoms with van der Waals surface area (Å²) in [6.07, 6.45) is 1.97. The Labute approximate surface area is 143 Å². The van der Waals surface area contributed by atoms with Gasteiger partial charge < -0.3 is 10.5 Å². The molecule has 2 aromatic rings. The van der Waals surface area contributed by atoms with Crippen molar-refractivity contribution >= 4 is 17.5 Å². The summed E-state index contributed by atoms with van der Waals surface area (Å²) in [5.41, 5.74) is 6.94. The van der Waals surface area contributed by atoms with Crippen molar-refractivity contribution in [2.75, 3.05) is 0 Å². The summed E-state index contributed by atoms with van der Waals surface area (Å²) in [5, 5.41) is 9.57. The van der Waals surface area contributed by atoms with Gasteiger partial charge in [0.15, 0.2) is 0 Å². The standard InChI is InChI=1S/C18H14ClFN2O2/c19-13-3-4-17(11(5-13)8-21)24-9-12-6-16(20)15(18(22)23)7-14(12)10-1-2-10/h3-7,10H,1-2,9H2,(H2,22,23). The van der Waals surface area contributed by atoms with Gasteiger partial charge in [0.05, 0.1) is 11.1 Å². The molecule has 0 radical (unpaired) electrons. The molecule has 1 fully saturated rings. The van der Waals surface area contributed by atoms with Gasteiger partial charge in [-0.25, -0.2) is 4.39 Å². The van der Waals surface area contributed by atoms with Gasteiger partial charge in [-0.3, -0.25) is 4.79 Å². The molecule has 6 heteroatoms. The molecule has 24 heavy (non-hydrogen) atoms. The Hall–Kier alpha value is -2.58. The molecule has 1 amide bonds. The fourth-order valence-electron chi connectivity index (χ4n) is 2.59. The van der Waals surface area contributed by atoms with Crippen molar-refractivity contribution in [1.82, 2.24) is 0 Å². The molecular weight excluding hydrogens is 331 g/mol. The Morgan fingerprint density at radius 2 is 2.12 bits per heavy atom. The van der Waals surface area contributed by atoms with E-state index in [4.69, 9.17) is 27.3 Å². The second kappa shape index (κ2) is 6.50. The lowest BCUT2D eigenvalue weighted by Crippen LogP contribution is -2.15. The highest BCUT2D eigenvalue weighted by atomic mass is 35.5. The fourth-order valence-corrected chi connectivity index (χ4v) is 2.76. The number of carbonyl (C=O) groups excluding carboxylic acids is 1. The molecule has 2 aromatic carbocycles. The Morgan fingerprint density at radius 3 is 2.75 bits per heavy atom. The number of halogens is 2. The van der Waals surface area contributed by atoms with Crippen molar-refractivity contribution in [2.24, 2.45) is 5.73 Å². The quantitative estimate of drug-likeness (QED) is 0.893. The number of ether oxygens (including phenoxy) is 1. The Morgan fingerprint density at radius 1 is 1.38 bits per heavy atom. The van der Waals surface area contributed by atoms with E-state index < -0.39 is 11.7 Å². The summed E-state index contributed by atoms with van der Waals surface area (Å²) >= 11 is 5.86. The fraction of sp³-hybridized carbons (Fsp3) is 0.222. The van der Waals surface area contributed by atoms with Crippen LogP contribution in [0.15, 0.2) is 30.3 Å². The normalized spacial score (nSPS) is 13.4. The molecule has 1 aliphatic carbocycles. The largest absolute Gasteiger partial charge is 0.488 e. The van der Waals surface area contributed by atoms with Crippen LogP contribution in [0.2, 0.25) is 5.02 Å². The number of nitrogens with zero attached hydrogens (tertiary/aromatic N) is 1. The van der Waals surface area contributed by atoms with Crippen LogP contribution in [0.5, 0.6) is 5.75 Å². The van der Waals surface area contributed by atoms with Gasteiger partial charge in [0.2, 0.25) is 0 Å². The molecule has 1 saturated carbocycles. The van der Waals surface area contributed by atoms with Crippen molar-refractivity contribution in [3.63, 3.8) is 0 Å². The molecule has 3 rings (SSSR count). The van der Waals surface area contributed by atoms with Crippen LogP contribution in [0.3, 0.4) is 0 Å². The van der Waals surface area contributed by atoms with E-state index in [1.54, 1.807) is 12.1 Å². The summed E-state index contributed by atoms with van der Waals surface area (Å²) in [4.78, 5) is 11.3. The van der Waals surface area contributed by atoms with Gasteiger partial charge in [-0.2, -0.15) is 5.26 Å². The van der Waals surface area contributed by atoms with Crippen molar-refractivity contribution in [2.45, 2.75) is 25.4 Å². The van der Waals surface area contributed by atoms with E-state index in [1.165, 1.54) is 18.2 Å². The molecule has 0 aromatic heterocycles. The summed E-state index contributed by atoms with van der Waals surface area (Å²) in [5.74, 6) is -0.778. The van der Waals surface area contributed by atoms with Gasteiger partial charge in [0, 0.05) is 5.02 Å². The van der Waals surface area contributed by atoms with Crippen molar-refractivity contribution < 1.29 is 13.9 Å². The summed E-state index contributed by atoms with van der Waals surface area (Å²) in [6.45, 7) is 0.0953. The second-order valence-electron chi connectivity index (χ2n) is 5.71. The maximum Gasteiger partial charge on any atom is 0.251 e. The molecule has 1 aliphatic rings. The molecule has 0 bridgehead atoms. The number of rotatable bonds is 5. The SMILES string of the molecule is N#Cc1cc(Cl)ccc1OCc1cc(F)c(C(N)=O)cc1C1CC1. The predicted octanol–water partition coefficient (Wildman–Crippen LogP) is 3.91. The highest BCUT2D eigenvalue weighted by molar-refractivity contribution is 6.30. The minimum Gasteiger partial charge on any atom is -0.488 e. The number of primary amides is 1. The van der Waals surface area contributed by atoms with E-state index in [1.807, 2.05) is 6.07 Å². The van der Waals surface area contributed by atoms with Crippen LogP contribution >= 0.6 is 11.6 Å². The lowest BCUT2D eigenvalue weighted by Gasteiger charge is -2.13. The molecular formula is C18H14ClFN2O2. The zero-order valence-corrected chi connectivity index (χ0v) is 13.4. The molecule has 2 N–H and O–H groups in total. The molecule has 0 spiro atoms. The Balaban J connectivity index is 1.89. The summed E-state index contributed by atoms with van der Waals surface area (Å²) in [6, 6.07) is 9.55. The van der Waals surface area contributed by atoms with Crippen molar-refractivity contribution in [3.05, 3.63) is 63.4 Å². The van der Waals surface area contributed by atoms with Crippen LogP contribution in [-0.2, 0) is 6.61 Å². The maximum absolute atomic E-state index is 14.1.